The molecule has 24 heavy (non-hydrogen) atoms. The van der Waals surface area contributed by atoms with Crippen LogP contribution in [0.4, 0.5) is 0 Å². The van der Waals surface area contributed by atoms with E-state index in [0.29, 0.717) is 23.0 Å². The molecular weight excluding hydrogens is 348 g/mol. The number of hydrogen-bond acceptors (Lipinski definition) is 4. The SMILES string of the molecule is CCOC(=O)CCn1c(=NC(=O)C(C)(C)C)sc2cc(Cl)ccc21. The van der Waals surface area contributed by atoms with E-state index in [4.69, 9.17) is 16.3 Å². The molecule has 2 rings (SSSR count). The van der Waals surface area contributed by atoms with Crippen molar-refractivity contribution >= 4 is 45.0 Å². The molecular formula is C17H21ClN2O3S. The fourth-order valence-corrected chi connectivity index (χ4v) is 3.37. The van der Waals surface area contributed by atoms with Gasteiger partial charge in [0.2, 0.25) is 0 Å². The molecule has 1 aromatic carbocycles. The molecule has 1 heterocycles. The molecule has 0 unspecified atom stereocenters. The first-order valence-electron chi connectivity index (χ1n) is 7.76. The number of hydrogen-bond donors (Lipinski definition) is 0. The van der Waals surface area contributed by atoms with Crippen LogP contribution in [0.3, 0.4) is 0 Å². The Bertz CT molecular complexity index is 830. The molecule has 7 heteroatoms. The summed E-state index contributed by atoms with van der Waals surface area (Å²) >= 11 is 7.44. The molecule has 0 radical (unpaired) electrons. The third kappa shape index (κ3) is 4.45. The van der Waals surface area contributed by atoms with E-state index >= 15 is 0 Å². The summed E-state index contributed by atoms with van der Waals surface area (Å²) in [6.45, 7) is 8.00. The third-order valence-corrected chi connectivity index (χ3v) is 4.60. The van der Waals surface area contributed by atoms with Gasteiger partial charge in [0.1, 0.15) is 0 Å². The van der Waals surface area contributed by atoms with Crippen LogP contribution >= 0.6 is 22.9 Å². The van der Waals surface area contributed by atoms with Crippen molar-refractivity contribution in [3.05, 3.63) is 28.0 Å². The summed E-state index contributed by atoms with van der Waals surface area (Å²) in [4.78, 5) is 28.8. The molecule has 0 spiro atoms. The number of carbonyl (C=O) groups is 2. The lowest BCUT2D eigenvalue weighted by atomic mass is 9.96. The number of ether oxygens (including phenoxy) is 1. The smallest absolute Gasteiger partial charge is 0.307 e. The zero-order valence-electron chi connectivity index (χ0n) is 14.3. The monoisotopic (exact) mass is 368 g/mol. The van der Waals surface area contributed by atoms with E-state index in [9.17, 15) is 9.59 Å². The molecule has 0 saturated carbocycles. The second-order valence-corrected chi connectivity index (χ2v) is 7.82. The Morgan fingerprint density at radius 3 is 2.67 bits per heavy atom. The number of esters is 1. The molecule has 0 bridgehead atoms. The predicted octanol–water partition coefficient (Wildman–Crippen LogP) is 3.78. The maximum Gasteiger partial charge on any atom is 0.307 e. The summed E-state index contributed by atoms with van der Waals surface area (Å²) in [5.74, 6) is -0.476. The average Bonchev–Trinajstić information content (AvgIpc) is 2.80. The van der Waals surface area contributed by atoms with Crippen LogP contribution in [0.5, 0.6) is 0 Å². The Balaban J connectivity index is 2.49. The summed E-state index contributed by atoms with van der Waals surface area (Å²) in [5.41, 5.74) is 0.335. The van der Waals surface area contributed by atoms with Gasteiger partial charge in [-0.15, -0.1) is 0 Å². The minimum atomic E-state index is -0.563. The molecule has 0 aliphatic rings. The van der Waals surface area contributed by atoms with Crippen molar-refractivity contribution in [2.75, 3.05) is 6.61 Å². The van der Waals surface area contributed by atoms with Gasteiger partial charge in [-0.2, -0.15) is 4.99 Å². The van der Waals surface area contributed by atoms with Gasteiger partial charge in [-0.25, -0.2) is 0 Å². The largest absolute Gasteiger partial charge is 0.466 e. The van der Waals surface area contributed by atoms with E-state index in [-0.39, 0.29) is 18.3 Å². The van der Waals surface area contributed by atoms with Crippen LogP contribution in [-0.2, 0) is 20.9 Å². The lowest BCUT2D eigenvalue weighted by molar-refractivity contribution is -0.143. The number of halogens is 1. The summed E-state index contributed by atoms with van der Waals surface area (Å²) in [7, 11) is 0. The van der Waals surface area contributed by atoms with Crippen LogP contribution < -0.4 is 4.80 Å². The van der Waals surface area contributed by atoms with Gasteiger partial charge in [-0.3, -0.25) is 9.59 Å². The number of thiazole rings is 1. The Labute approximate surface area is 149 Å². The summed E-state index contributed by atoms with van der Waals surface area (Å²) in [6, 6.07) is 5.50. The molecule has 130 valence electrons. The van der Waals surface area contributed by atoms with Gasteiger partial charge in [0.25, 0.3) is 5.91 Å². The lowest BCUT2D eigenvalue weighted by Gasteiger charge is -2.12. The topological polar surface area (TPSA) is 60.7 Å². The van der Waals surface area contributed by atoms with Gasteiger partial charge in [0.15, 0.2) is 4.80 Å². The van der Waals surface area contributed by atoms with Crippen molar-refractivity contribution in [1.82, 2.24) is 4.57 Å². The molecule has 0 fully saturated rings. The number of amides is 1. The fourth-order valence-electron chi connectivity index (χ4n) is 2.04. The van der Waals surface area contributed by atoms with Crippen LogP contribution in [0, 0.1) is 5.41 Å². The van der Waals surface area contributed by atoms with Crippen molar-refractivity contribution in [2.24, 2.45) is 10.4 Å². The highest BCUT2D eigenvalue weighted by Gasteiger charge is 2.21. The second-order valence-electron chi connectivity index (χ2n) is 6.37. The number of nitrogens with zero attached hydrogens (tertiary/aromatic N) is 2. The van der Waals surface area contributed by atoms with E-state index in [1.54, 1.807) is 13.0 Å². The fraction of sp³-hybridized carbons (Fsp3) is 0.471. The van der Waals surface area contributed by atoms with Crippen LogP contribution in [-0.4, -0.2) is 23.1 Å². The molecule has 0 atom stereocenters. The van der Waals surface area contributed by atoms with Crippen LogP contribution in [0.15, 0.2) is 23.2 Å². The standard InChI is InChI=1S/C17H21ClN2O3S/c1-5-23-14(21)8-9-20-12-7-6-11(18)10-13(12)24-16(20)19-15(22)17(2,3)4/h6-7,10H,5,8-9H2,1-4H3. The molecule has 0 saturated heterocycles. The number of rotatable bonds is 4. The van der Waals surface area contributed by atoms with E-state index in [1.807, 2.05) is 37.5 Å². The Morgan fingerprint density at radius 1 is 1.33 bits per heavy atom. The van der Waals surface area contributed by atoms with E-state index in [2.05, 4.69) is 4.99 Å². The van der Waals surface area contributed by atoms with Gasteiger partial charge in [-0.1, -0.05) is 43.7 Å². The maximum absolute atomic E-state index is 12.3. The minimum absolute atomic E-state index is 0.204. The Kier molecular flexibility index (Phi) is 5.83. The van der Waals surface area contributed by atoms with Gasteiger partial charge >= 0.3 is 5.97 Å². The van der Waals surface area contributed by atoms with Crippen molar-refractivity contribution in [3.8, 4) is 0 Å². The number of aryl methyl sites for hydroxylation is 1. The Hall–Kier alpha value is -1.66. The minimum Gasteiger partial charge on any atom is -0.466 e. The van der Waals surface area contributed by atoms with E-state index in [1.165, 1.54) is 11.3 Å². The zero-order valence-corrected chi connectivity index (χ0v) is 15.8. The third-order valence-electron chi connectivity index (χ3n) is 3.33. The summed E-state index contributed by atoms with van der Waals surface area (Å²) in [6.07, 6.45) is 0.221. The first-order chi connectivity index (χ1) is 11.2. The second kappa shape index (κ2) is 7.49. The highest BCUT2D eigenvalue weighted by atomic mass is 35.5. The van der Waals surface area contributed by atoms with Crippen molar-refractivity contribution in [3.63, 3.8) is 0 Å². The Morgan fingerprint density at radius 2 is 2.04 bits per heavy atom. The molecule has 0 aliphatic heterocycles. The van der Waals surface area contributed by atoms with Crippen LogP contribution in [0.1, 0.15) is 34.1 Å². The number of carbonyl (C=O) groups excluding carboxylic acids is 2. The predicted molar refractivity (Wildman–Crippen MR) is 96.1 cm³/mol. The number of aromatic nitrogens is 1. The van der Waals surface area contributed by atoms with Gasteiger partial charge in [0, 0.05) is 17.0 Å². The van der Waals surface area contributed by atoms with Crippen molar-refractivity contribution < 1.29 is 14.3 Å². The van der Waals surface area contributed by atoms with Gasteiger partial charge in [-0.05, 0) is 25.1 Å². The maximum atomic E-state index is 12.3. The number of benzene rings is 1. The van der Waals surface area contributed by atoms with Crippen molar-refractivity contribution in [2.45, 2.75) is 40.7 Å². The summed E-state index contributed by atoms with van der Waals surface area (Å²) < 4.78 is 7.77. The molecule has 1 aromatic heterocycles. The van der Waals surface area contributed by atoms with Crippen LogP contribution in [0.2, 0.25) is 5.02 Å². The average molecular weight is 369 g/mol. The first-order valence-corrected chi connectivity index (χ1v) is 8.95. The van der Waals surface area contributed by atoms with Crippen molar-refractivity contribution in [1.29, 1.82) is 0 Å². The molecule has 1 amide bonds. The van der Waals surface area contributed by atoms with Crippen LogP contribution in [0.25, 0.3) is 10.2 Å². The molecule has 0 aliphatic carbocycles. The van der Waals surface area contributed by atoms with Gasteiger partial charge < -0.3 is 9.30 Å². The van der Waals surface area contributed by atoms with E-state index in [0.717, 1.165) is 10.2 Å². The highest BCUT2D eigenvalue weighted by Crippen LogP contribution is 2.23. The molecule has 2 aromatic rings. The quantitative estimate of drug-likeness (QED) is 0.771. The zero-order chi connectivity index (χ0) is 17.9. The van der Waals surface area contributed by atoms with Gasteiger partial charge in [0.05, 0.1) is 23.2 Å². The lowest BCUT2D eigenvalue weighted by Crippen LogP contribution is -2.24. The molecule has 0 N–H and O–H groups in total. The first kappa shape index (κ1) is 18.7. The summed E-state index contributed by atoms with van der Waals surface area (Å²) in [5, 5.41) is 0.620. The van der Waals surface area contributed by atoms with E-state index < -0.39 is 5.41 Å². The molecule has 5 nitrogen and oxygen atoms in total. The normalized spacial score (nSPS) is 12.6. The highest BCUT2D eigenvalue weighted by molar-refractivity contribution is 7.16. The number of fused-ring (bicyclic) bond motifs is 1.